The summed E-state index contributed by atoms with van der Waals surface area (Å²) in [5, 5.41) is 10.7. The average Bonchev–Trinajstić information content (AvgIpc) is 2.10. The van der Waals surface area contributed by atoms with Gasteiger partial charge < -0.3 is 10.4 Å². The van der Waals surface area contributed by atoms with Crippen LogP contribution in [0.5, 0.6) is 0 Å². The Morgan fingerprint density at radius 1 is 1.73 bits per heavy atom. The van der Waals surface area contributed by atoms with E-state index in [1.54, 1.807) is 0 Å². The number of carbonyl (C=O) groups is 1. The Bertz CT molecular complexity index is 172. The minimum Gasteiger partial charge on any atom is -0.481 e. The summed E-state index contributed by atoms with van der Waals surface area (Å²) in [4.78, 5) is 10.1. The first-order valence-corrected chi connectivity index (χ1v) is 3.35. The topological polar surface area (TPSA) is 49.3 Å². The van der Waals surface area contributed by atoms with Gasteiger partial charge in [0.15, 0.2) is 0 Å². The van der Waals surface area contributed by atoms with Gasteiger partial charge in [0, 0.05) is 13.0 Å². The van der Waals surface area contributed by atoms with Crippen molar-refractivity contribution in [3.63, 3.8) is 0 Å². The smallest absolute Gasteiger partial charge is 0.305 e. The molecule has 5 heteroatoms. The van der Waals surface area contributed by atoms with Crippen LogP contribution in [-0.4, -0.2) is 29.6 Å². The van der Waals surface area contributed by atoms with E-state index in [-0.39, 0.29) is 13.0 Å². The largest absolute Gasteiger partial charge is 0.481 e. The Morgan fingerprint density at radius 2 is 2.36 bits per heavy atom. The lowest BCUT2D eigenvalue weighted by atomic mass is 10.1. The molecule has 1 aliphatic rings. The van der Waals surface area contributed by atoms with E-state index >= 15 is 0 Å². The zero-order chi connectivity index (χ0) is 8.48. The molecule has 0 aromatic heterocycles. The SMILES string of the molecule is O=C(O)CC1NCCC1(F)F. The van der Waals surface area contributed by atoms with Crippen molar-refractivity contribution in [2.24, 2.45) is 0 Å². The fraction of sp³-hybridized carbons (Fsp3) is 0.833. The van der Waals surface area contributed by atoms with Crippen LogP contribution in [0.1, 0.15) is 12.8 Å². The van der Waals surface area contributed by atoms with Gasteiger partial charge in [-0.05, 0) is 0 Å². The van der Waals surface area contributed by atoms with E-state index in [1.165, 1.54) is 0 Å². The number of carboxylic acid groups (broad SMARTS) is 1. The first kappa shape index (κ1) is 8.39. The van der Waals surface area contributed by atoms with Crippen LogP contribution in [0.2, 0.25) is 0 Å². The molecule has 1 fully saturated rings. The van der Waals surface area contributed by atoms with Crippen LogP contribution in [0.4, 0.5) is 8.78 Å². The van der Waals surface area contributed by atoms with Gasteiger partial charge in [-0.1, -0.05) is 0 Å². The summed E-state index contributed by atoms with van der Waals surface area (Å²) >= 11 is 0. The molecule has 0 amide bonds. The van der Waals surface area contributed by atoms with Gasteiger partial charge in [-0.15, -0.1) is 0 Å². The van der Waals surface area contributed by atoms with Crippen LogP contribution in [0.3, 0.4) is 0 Å². The monoisotopic (exact) mass is 165 g/mol. The number of aliphatic carboxylic acids is 1. The predicted octanol–water partition coefficient (Wildman–Crippen LogP) is 0.458. The molecule has 3 nitrogen and oxygen atoms in total. The minimum atomic E-state index is -2.85. The summed E-state index contributed by atoms with van der Waals surface area (Å²) in [6, 6.07) is -1.18. The van der Waals surface area contributed by atoms with E-state index in [0.29, 0.717) is 0 Å². The van der Waals surface area contributed by atoms with E-state index < -0.39 is 24.4 Å². The molecule has 1 atom stereocenters. The highest BCUT2D eigenvalue weighted by atomic mass is 19.3. The minimum absolute atomic E-state index is 0.199. The summed E-state index contributed by atoms with van der Waals surface area (Å²) in [6.07, 6.45) is -0.766. The van der Waals surface area contributed by atoms with Crippen molar-refractivity contribution in [3.05, 3.63) is 0 Å². The number of carboxylic acids is 1. The summed E-state index contributed by atoms with van der Waals surface area (Å²) in [5.74, 6) is -4.04. The van der Waals surface area contributed by atoms with Crippen LogP contribution in [0.15, 0.2) is 0 Å². The first-order chi connectivity index (χ1) is 5.02. The van der Waals surface area contributed by atoms with Crippen LogP contribution in [-0.2, 0) is 4.79 Å². The summed E-state index contributed by atoms with van der Waals surface area (Å²) in [6.45, 7) is 0.199. The molecule has 1 heterocycles. The maximum atomic E-state index is 12.6. The molecule has 11 heavy (non-hydrogen) atoms. The molecule has 1 aliphatic heterocycles. The third kappa shape index (κ3) is 1.86. The first-order valence-electron chi connectivity index (χ1n) is 3.35. The number of halogens is 2. The highest BCUT2D eigenvalue weighted by molar-refractivity contribution is 5.67. The lowest BCUT2D eigenvalue weighted by molar-refractivity contribution is -0.139. The molecule has 1 unspecified atom stereocenters. The quantitative estimate of drug-likeness (QED) is 0.624. The van der Waals surface area contributed by atoms with Gasteiger partial charge in [0.1, 0.15) is 0 Å². The molecule has 64 valence electrons. The third-order valence-electron chi connectivity index (χ3n) is 1.74. The van der Waals surface area contributed by atoms with Crippen molar-refractivity contribution in [3.8, 4) is 0 Å². The van der Waals surface area contributed by atoms with Crippen molar-refractivity contribution < 1.29 is 18.7 Å². The number of nitrogens with one attached hydrogen (secondary N) is 1. The van der Waals surface area contributed by atoms with Gasteiger partial charge in [-0.2, -0.15) is 0 Å². The molecule has 0 aliphatic carbocycles. The number of rotatable bonds is 2. The fourth-order valence-corrected chi connectivity index (χ4v) is 1.13. The Morgan fingerprint density at radius 3 is 2.73 bits per heavy atom. The van der Waals surface area contributed by atoms with E-state index in [0.717, 1.165) is 0 Å². The van der Waals surface area contributed by atoms with Crippen molar-refractivity contribution in [2.75, 3.05) is 6.54 Å². The predicted molar refractivity (Wildman–Crippen MR) is 33.6 cm³/mol. The van der Waals surface area contributed by atoms with Crippen molar-refractivity contribution in [1.82, 2.24) is 5.32 Å². The van der Waals surface area contributed by atoms with Gasteiger partial charge >= 0.3 is 5.97 Å². The second-order valence-corrected chi connectivity index (χ2v) is 2.62. The molecule has 0 spiro atoms. The van der Waals surface area contributed by atoms with Gasteiger partial charge in [-0.3, -0.25) is 4.79 Å². The highest BCUT2D eigenvalue weighted by Gasteiger charge is 2.44. The highest BCUT2D eigenvalue weighted by Crippen LogP contribution is 2.29. The molecule has 2 N–H and O–H groups in total. The third-order valence-corrected chi connectivity index (χ3v) is 1.74. The zero-order valence-electron chi connectivity index (χ0n) is 5.81. The Labute approximate surface area is 62.4 Å². The van der Waals surface area contributed by atoms with Gasteiger partial charge in [0.25, 0.3) is 5.92 Å². The van der Waals surface area contributed by atoms with Gasteiger partial charge in [0.2, 0.25) is 0 Å². The Balaban J connectivity index is 2.51. The Kier molecular flexibility index (Phi) is 2.08. The van der Waals surface area contributed by atoms with E-state index in [9.17, 15) is 13.6 Å². The zero-order valence-corrected chi connectivity index (χ0v) is 5.81. The van der Waals surface area contributed by atoms with Crippen LogP contribution in [0, 0.1) is 0 Å². The average molecular weight is 165 g/mol. The summed E-state index contributed by atoms with van der Waals surface area (Å²) in [5.41, 5.74) is 0. The van der Waals surface area contributed by atoms with E-state index in [1.807, 2.05) is 0 Å². The lowest BCUT2D eigenvalue weighted by Gasteiger charge is -2.15. The molecule has 0 radical (unpaired) electrons. The maximum absolute atomic E-state index is 12.6. The lowest BCUT2D eigenvalue weighted by Crippen LogP contribution is -2.37. The normalized spacial score (nSPS) is 28.7. The van der Waals surface area contributed by atoms with Crippen molar-refractivity contribution in [2.45, 2.75) is 24.8 Å². The number of alkyl halides is 2. The molecular weight excluding hydrogens is 156 g/mol. The van der Waals surface area contributed by atoms with Crippen molar-refractivity contribution >= 4 is 5.97 Å². The molecule has 1 saturated heterocycles. The van der Waals surface area contributed by atoms with Crippen LogP contribution >= 0.6 is 0 Å². The molecule has 0 bridgehead atoms. The number of hydrogen-bond acceptors (Lipinski definition) is 2. The molecule has 0 aromatic carbocycles. The van der Waals surface area contributed by atoms with E-state index in [2.05, 4.69) is 5.32 Å². The van der Waals surface area contributed by atoms with Crippen LogP contribution in [0.25, 0.3) is 0 Å². The second kappa shape index (κ2) is 2.73. The second-order valence-electron chi connectivity index (χ2n) is 2.62. The van der Waals surface area contributed by atoms with Gasteiger partial charge in [0.05, 0.1) is 12.5 Å². The molecule has 1 rings (SSSR count). The van der Waals surface area contributed by atoms with Crippen LogP contribution < -0.4 is 5.32 Å². The van der Waals surface area contributed by atoms with E-state index in [4.69, 9.17) is 5.11 Å². The maximum Gasteiger partial charge on any atom is 0.305 e. The van der Waals surface area contributed by atoms with Crippen molar-refractivity contribution in [1.29, 1.82) is 0 Å². The fourth-order valence-electron chi connectivity index (χ4n) is 1.13. The molecule has 0 aromatic rings. The molecule has 0 saturated carbocycles. The Hall–Kier alpha value is -0.710. The van der Waals surface area contributed by atoms with Gasteiger partial charge in [-0.25, -0.2) is 8.78 Å². The standard InChI is InChI=1S/C6H9F2NO2/c7-6(8)1-2-9-4(6)3-5(10)11/h4,9H,1-3H2,(H,10,11). The summed E-state index contributed by atoms with van der Waals surface area (Å²) in [7, 11) is 0. The number of hydrogen-bond donors (Lipinski definition) is 2. The molecular formula is C6H9F2NO2. The summed E-state index contributed by atoms with van der Waals surface area (Å²) < 4.78 is 25.3.